The molecule has 1 saturated heterocycles. The summed E-state index contributed by atoms with van der Waals surface area (Å²) in [7, 11) is 1.71. The van der Waals surface area contributed by atoms with Crippen molar-refractivity contribution in [2.75, 3.05) is 39.8 Å². The van der Waals surface area contributed by atoms with Gasteiger partial charge in [-0.05, 0) is 38.6 Å². The molecular weight excluding hydrogens is 360 g/mol. The van der Waals surface area contributed by atoms with Crippen LogP contribution in [0, 0.1) is 6.92 Å². The van der Waals surface area contributed by atoms with E-state index in [4.69, 9.17) is 26.2 Å². The molecule has 0 spiro atoms. The summed E-state index contributed by atoms with van der Waals surface area (Å²) in [5.74, 6) is -0.552. The summed E-state index contributed by atoms with van der Waals surface area (Å²) in [6.45, 7) is 5.28. The van der Waals surface area contributed by atoms with Crippen molar-refractivity contribution in [3.63, 3.8) is 0 Å². The number of benzene rings is 1. The number of aliphatic carboxylic acids is 1. The van der Waals surface area contributed by atoms with Gasteiger partial charge in [0.05, 0.1) is 24.3 Å². The summed E-state index contributed by atoms with van der Waals surface area (Å²) in [6, 6.07) is 5.42. The van der Waals surface area contributed by atoms with E-state index in [9.17, 15) is 9.59 Å². The van der Waals surface area contributed by atoms with Crippen molar-refractivity contribution in [3.05, 3.63) is 28.8 Å². The van der Waals surface area contributed by atoms with E-state index >= 15 is 0 Å². The quantitative estimate of drug-likeness (QED) is 0.770. The van der Waals surface area contributed by atoms with Gasteiger partial charge in [-0.25, -0.2) is 0 Å². The molecular formula is C18H25ClN2O5. The number of likely N-dealkylation sites (N-methyl/N-ethyl adjacent to an activating group) is 1. The third-order valence-electron chi connectivity index (χ3n) is 4.11. The van der Waals surface area contributed by atoms with Gasteiger partial charge in [0.2, 0.25) is 0 Å². The number of ether oxygens (including phenoxy) is 2. The van der Waals surface area contributed by atoms with Crippen molar-refractivity contribution >= 4 is 23.5 Å². The molecule has 1 aliphatic heterocycles. The predicted molar refractivity (Wildman–Crippen MR) is 97.7 cm³/mol. The van der Waals surface area contributed by atoms with Gasteiger partial charge in [0.25, 0.3) is 5.91 Å². The Morgan fingerprint density at radius 3 is 2.92 bits per heavy atom. The van der Waals surface area contributed by atoms with Crippen LogP contribution < -0.4 is 4.74 Å². The van der Waals surface area contributed by atoms with E-state index in [1.54, 1.807) is 35.9 Å². The minimum Gasteiger partial charge on any atom is -0.480 e. The van der Waals surface area contributed by atoms with Crippen molar-refractivity contribution in [3.8, 4) is 5.75 Å². The summed E-state index contributed by atoms with van der Waals surface area (Å²) < 4.78 is 11.4. The second-order valence-electron chi connectivity index (χ2n) is 6.56. The molecule has 0 saturated carbocycles. The lowest BCUT2D eigenvalue weighted by atomic mass is 10.2. The van der Waals surface area contributed by atoms with Crippen molar-refractivity contribution in [1.82, 2.24) is 9.80 Å². The number of morpholine rings is 1. The molecule has 26 heavy (non-hydrogen) atoms. The van der Waals surface area contributed by atoms with E-state index in [0.717, 1.165) is 5.56 Å². The Balaban J connectivity index is 1.93. The molecule has 2 rings (SSSR count). The van der Waals surface area contributed by atoms with Crippen LogP contribution in [-0.4, -0.2) is 78.8 Å². The van der Waals surface area contributed by atoms with Crippen LogP contribution >= 0.6 is 11.6 Å². The normalized spacial score (nSPS) is 18.7. The van der Waals surface area contributed by atoms with E-state index in [-0.39, 0.29) is 18.6 Å². The van der Waals surface area contributed by atoms with Crippen LogP contribution in [0.3, 0.4) is 0 Å². The van der Waals surface area contributed by atoms with Crippen LogP contribution in [0.2, 0.25) is 5.02 Å². The Bertz CT molecular complexity index is 654. The first-order valence-corrected chi connectivity index (χ1v) is 8.87. The van der Waals surface area contributed by atoms with E-state index in [1.807, 2.05) is 13.0 Å². The number of rotatable bonds is 7. The van der Waals surface area contributed by atoms with E-state index in [1.165, 1.54) is 0 Å². The Hall–Kier alpha value is -1.83. The van der Waals surface area contributed by atoms with Gasteiger partial charge in [0, 0.05) is 19.6 Å². The lowest BCUT2D eigenvalue weighted by Gasteiger charge is -2.35. The number of hydrogen-bond acceptors (Lipinski definition) is 5. The number of aryl methyl sites for hydroxylation is 1. The molecule has 2 atom stereocenters. The molecule has 0 aromatic heterocycles. The third-order valence-corrected chi connectivity index (χ3v) is 4.42. The number of carboxylic acid groups (broad SMARTS) is 1. The molecule has 1 aromatic rings. The molecule has 1 fully saturated rings. The van der Waals surface area contributed by atoms with Crippen LogP contribution in [0.15, 0.2) is 18.2 Å². The predicted octanol–water partition coefficient (Wildman–Crippen LogP) is 1.66. The second-order valence-corrected chi connectivity index (χ2v) is 6.97. The average molecular weight is 385 g/mol. The molecule has 1 aliphatic rings. The van der Waals surface area contributed by atoms with Gasteiger partial charge >= 0.3 is 5.97 Å². The number of carboxylic acids is 1. The summed E-state index contributed by atoms with van der Waals surface area (Å²) in [6.07, 6.45) is -0.906. The lowest BCUT2D eigenvalue weighted by molar-refractivity contribution is -0.147. The molecule has 0 aliphatic carbocycles. The first kappa shape index (κ1) is 20.5. The monoisotopic (exact) mass is 384 g/mol. The van der Waals surface area contributed by atoms with Gasteiger partial charge in [-0.1, -0.05) is 17.7 Å². The fourth-order valence-electron chi connectivity index (χ4n) is 2.87. The highest BCUT2D eigenvalue weighted by Crippen LogP contribution is 2.26. The molecule has 0 bridgehead atoms. The number of hydrogen-bond donors (Lipinski definition) is 1. The highest BCUT2D eigenvalue weighted by Gasteiger charge is 2.29. The minimum atomic E-state index is -0.895. The maximum Gasteiger partial charge on any atom is 0.317 e. The van der Waals surface area contributed by atoms with Gasteiger partial charge in [-0.3, -0.25) is 14.5 Å². The van der Waals surface area contributed by atoms with Gasteiger partial charge in [-0.2, -0.15) is 0 Å². The third kappa shape index (κ3) is 5.86. The Morgan fingerprint density at radius 2 is 2.23 bits per heavy atom. The minimum absolute atomic E-state index is 0.0703. The summed E-state index contributed by atoms with van der Waals surface area (Å²) >= 11 is 6.13. The zero-order chi connectivity index (χ0) is 19.3. The van der Waals surface area contributed by atoms with Gasteiger partial charge < -0.3 is 19.5 Å². The highest BCUT2D eigenvalue weighted by atomic mass is 35.5. The zero-order valence-electron chi connectivity index (χ0n) is 15.3. The number of nitrogens with zero attached hydrogens (tertiary/aromatic N) is 2. The van der Waals surface area contributed by atoms with Crippen molar-refractivity contribution in [2.24, 2.45) is 0 Å². The molecule has 1 aromatic carbocycles. The number of carbonyl (C=O) groups excluding carboxylic acids is 1. The number of carbonyl (C=O) groups is 2. The van der Waals surface area contributed by atoms with Crippen LogP contribution in [-0.2, 0) is 14.3 Å². The topological polar surface area (TPSA) is 79.3 Å². The molecule has 0 unspecified atom stereocenters. The van der Waals surface area contributed by atoms with Crippen LogP contribution in [0.4, 0.5) is 0 Å². The smallest absolute Gasteiger partial charge is 0.317 e. The first-order valence-electron chi connectivity index (χ1n) is 8.49. The molecule has 1 amide bonds. The standard InChI is InChI=1S/C18H25ClN2O5/c1-12-4-5-15(19)16(8-12)26-13(2)18(24)21-6-7-25-14(10-21)9-20(3)11-17(22)23/h4-5,8,13-14H,6-7,9-11H2,1-3H3,(H,22,23)/t13-,14+/m1/s1. The Kier molecular flexibility index (Phi) is 7.25. The van der Waals surface area contributed by atoms with E-state index < -0.39 is 12.1 Å². The van der Waals surface area contributed by atoms with Crippen LogP contribution in [0.25, 0.3) is 0 Å². The van der Waals surface area contributed by atoms with Crippen LogP contribution in [0.5, 0.6) is 5.75 Å². The maximum absolute atomic E-state index is 12.7. The summed E-state index contributed by atoms with van der Waals surface area (Å²) in [4.78, 5) is 26.8. The fourth-order valence-corrected chi connectivity index (χ4v) is 3.03. The maximum atomic E-state index is 12.7. The van der Waals surface area contributed by atoms with Gasteiger partial charge in [0.15, 0.2) is 6.10 Å². The Labute approximate surface area is 158 Å². The van der Waals surface area contributed by atoms with Crippen molar-refractivity contribution in [2.45, 2.75) is 26.1 Å². The first-order chi connectivity index (χ1) is 12.3. The van der Waals surface area contributed by atoms with Gasteiger partial charge in [0.1, 0.15) is 5.75 Å². The van der Waals surface area contributed by atoms with E-state index in [2.05, 4.69) is 0 Å². The molecule has 0 radical (unpaired) electrons. The lowest BCUT2D eigenvalue weighted by Crippen LogP contribution is -2.52. The highest BCUT2D eigenvalue weighted by molar-refractivity contribution is 6.32. The summed E-state index contributed by atoms with van der Waals surface area (Å²) in [5, 5.41) is 9.30. The SMILES string of the molecule is Cc1ccc(Cl)c(O[C@H](C)C(=O)N2CCO[C@@H](CN(C)CC(=O)O)C2)c1. The largest absolute Gasteiger partial charge is 0.480 e. The Morgan fingerprint density at radius 1 is 1.50 bits per heavy atom. The molecule has 8 heteroatoms. The molecule has 1 heterocycles. The molecule has 1 N–H and O–H groups in total. The van der Waals surface area contributed by atoms with Crippen molar-refractivity contribution < 1.29 is 24.2 Å². The number of halogens is 1. The van der Waals surface area contributed by atoms with Crippen molar-refractivity contribution in [1.29, 1.82) is 0 Å². The molecule has 144 valence electrons. The zero-order valence-corrected chi connectivity index (χ0v) is 16.0. The number of amides is 1. The average Bonchev–Trinajstić information content (AvgIpc) is 2.56. The summed E-state index contributed by atoms with van der Waals surface area (Å²) in [5.41, 5.74) is 0.997. The fraction of sp³-hybridized carbons (Fsp3) is 0.556. The molecule has 7 nitrogen and oxygen atoms in total. The second kappa shape index (κ2) is 9.21. The van der Waals surface area contributed by atoms with Crippen LogP contribution in [0.1, 0.15) is 12.5 Å². The van der Waals surface area contributed by atoms with Gasteiger partial charge in [-0.15, -0.1) is 0 Å². The van der Waals surface area contributed by atoms with E-state index in [0.29, 0.717) is 37.0 Å².